The first kappa shape index (κ1) is 27.6. The van der Waals surface area contributed by atoms with Crippen molar-refractivity contribution in [2.75, 3.05) is 0 Å². The molecule has 0 fully saturated rings. The third-order valence-electron chi connectivity index (χ3n) is 4.73. The topological polar surface area (TPSA) is 0 Å². The third kappa shape index (κ3) is 8.54. The Morgan fingerprint density at radius 2 is 1.00 bits per heavy atom. The van der Waals surface area contributed by atoms with Crippen LogP contribution in [0.4, 0.5) is 0 Å². The van der Waals surface area contributed by atoms with Crippen molar-refractivity contribution < 1.29 is 48.1 Å². The van der Waals surface area contributed by atoms with E-state index < -0.39 is 0 Å². The molecule has 0 aliphatic carbocycles. The molecule has 0 radical (unpaired) electrons. The predicted octanol–water partition coefficient (Wildman–Crippen LogP) is 0.804. The Balaban J connectivity index is 0.000000226. The van der Waals surface area contributed by atoms with Gasteiger partial charge in [0.25, 0.3) is 0 Å². The average molecular weight is 541 g/mol. The maximum Gasteiger partial charge on any atom is -0.0579 e. The minimum atomic E-state index is -0.122. The van der Waals surface area contributed by atoms with Crippen LogP contribution in [0.3, 0.4) is 0 Å². The van der Waals surface area contributed by atoms with Crippen LogP contribution >= 0.6 is 0 Å². The molecule has 0 saturated heterocycles. The van der Waals surface area contributed by atoms with Gasteiger partial charge >= 0.3 is 70.8 Å². The molecule has 0 heterocycles. The zero-order valence-corrected chi connectivity index (χ0v) is 23.0. The maximum atomic E-state index is 2.35. The molecule has 5 aromatic rings. The summed E-state index contributed by atoms with van der Waals surface area (Å²) in [6.07, 6.45) is 0. The Morgan fingerprint density at radius 3 is 1.35 bits per heavy atom. The molecule has 0 atom stereocenters. The fraction of sp³-hybridized carbons (Fsp3) is 0.111. The third-order valence-corrected chi connectivity index (χ3v) is 8.06. The summed E-state index contributed by atoms with van der Waals surface area (Å²) < 4.78 is 0. The van der Waals surface area contributed by atoms with Crippen molar-refractivity contribution in [2.24, 2.45) is 0 Å². The van der Waals surface area contributed by atoms with Gasteiger partial charge in [0.1, 0.15) is 0 Å². The molecule has 0 nitrogen and oxygen atoms in total. The van der Waals surface area contributed by atoms with E-state index in [0.717, 1.165) is 0 Å². The Labute approximate surface area is 213 Å². The summed E-state index contributed by atoms with van der Waals surface area (Å²) >= 11 is 1.69. The van der Waals surface area contributed by atoms with E-state index in [2.05, 4.69) is 124 Å². The van der Waals surface area contributed by atoms with Crippen molar-refractivity contribution >= 4 is 32.2 Å². The predicted molar refractivity (Wildman–Crippen MR) is 126 cm³/mol. The number of halogens is 2. The number of aryl methyl sites for hydroxylation is 2. The summed E-state index contributed by atoms with van der Waals surface area (Å²) in [5.74, 6) is 0. The van der Waals surface area contributed by atoms with Crippen LogP contribution < -0.4 is 30.0 Å². The second-order valence-corrected chi connectivity index (χ2v) is 14.7. The first-order valence-corrected chi connectivity index (χ1v) is 15.6. The molecule has 31 heavy (non-hydrogen) atoms. The van der Waals surface area contributed by atoms with Gasteiger partial charge in [0.15, 0.2) is 0 Å². The molecular formula is C27H26Cl2SiZr-2. The van der Waals surface area contributed by atoms with E-state index >= 15 is 0 Å². The Kier molecular flexibility index (Phi) is 12.3. The quantitative estimate of drug-likeness (QED) is 0.218. The van der Waals surface area contributed by atoms with Crippen LogP contribution in [0, 0.1) is 13.8 Å². The van der Waals surface area contributed by atoms with E-state index in [-0.39, 0.29) is 30.2 Å². The van der Waals surface area contributed by atoms with Gasteiger partial charge < -0.3 is 24.8 Å². The smallest absolute Gasteiger partial charge is 0.0579 e. The molecule has 0 amide bonds. The van der Waals surface area contributed by atoms with E-state index in [0.29, 0.717) is 0 Å². The van der Waals surface area contributed by atoms with Gasteiger partial charge in [0, 0.05) is 0 Å². The fourth-order valence-corrected chi connectivity index (χ4v) is 5.22. The molecule has 0 aliphatic rings. The molecule has 0 spiro atoms. The van der Waals surface area contributed by atoms with Crippen molar-refractivity contribution in [3.05, 3.63) is 114 Å². The minimum Gasteiger partial charge on any atom is -1.00 e. The SMILES string of the molecule is C[Si](=[Zr+2])c1ccccc1.Cc1cc2ccccc2[cH-]1.Cc1cc2ccccc2[cH-]1.[Cl-].[Cl-]. The molecule has 0 aliphatic heterocycles. The van der Waals surface area contributed by atoms with Gasteiger partial charge in [0.05, 0.1) is 0 Å². The summed E-state index contributed by atoms with van der Waals surface area (Å²) in [6, 6.07) is 36.4. The van der Waals surface area contributed by atoms with Gasteiger partial charge in [-0.2, -0.15) is 12.1 Å². The van der Waals surface area contributed by atoms with Crippen molar-refractivity contribution in [2.45, 2.75) is 20.4 Å². The zero-order chi connectivity index (χ0) is 20.6. The Morgan fingerprint density at radius 1 is 0.613 bits per heavy atom. The van der Waals surface area contributed by atoms with Crippen LogP contribution in [0.25, 0.3) is 21.5 Å². The molecule has 5 rings (SSSR count). The molecule has 0 bridgehead atoms. The van der Waals surface area contributed by atoms with Crippen LogP contribution in [0.15, 0.2) is 103 Å². The van der Waals surface area contributed by atoms with Crippen molar-refractivity contribution in [3.8, 4) is 0 Å². The molecule has 0 saturated carbocycles. The van der Waals surface area contributed by atoms with E-state index in [9.17, 15) is 0 Å². The number of fused-ring (bicyclic) bond motifs is 2. The summed E-state index contributed by atoms with van der Waals surface area (Å²) in [6.45, 7) is 6.60. The van der Waals surface area contributed by atoms with Crippen molar-refractivity contribution in [3.63, 3.8) is 0 Å². The molecule has 0 aromatic heterocycles. The van der Waals surface area contributed by atoms with Gasteiger partial charge in [-0.1, -0.05) is 26.0 Å². The van der Waals surface area contributed by atoms with E-state index in [1.165, 1.54) is 32.7 Å². The average Bonchev–Trinajstić information content (AvgIpc) is 3.30. The van der Waals surface area contributed by atoms with Gasteiger partial charge in [-0.3, -0.25) is 0 Å². The molecule has 4 heteroatoms. The van der Waals surface area contributed by atoms with Crippen LogP contribution in [0.5, 0.6) is 0 Å². The number of rotatable bonds is 1. The molecule has 5 aromatic carbocycles. The number of hydrogen-bond acceptors (Lipinski definition) is 0. The summed E-state index contributed by atoms with van der Waals surface area (Å²) in [5, 5.41) is 6.95. The number of hydrogen-bond donors (Lipinski definition) is 0. The molecule has 0 N–H and O–H groups in total. The number of benzene rings is 3. The van der Waals surface area contributed by atoms with E-state index in [1.807, 2.05) is 0 Å². The summed E-state index contributed by atoms with van der Waals surface area (Å²) in [7, 11) is 0. The Bertz CT molecular complexity index is 1070. The van der Waals surface area contributed by atoms with Crippen LogP contribution in [-0.4, -0.2) is 5.43 Å². The first-order valence-electron chi connectivity index (χ1n) is 9.87. The monoisotopic (exact) mass is 538 g/mol. The van der Waals surface area contributed by atoms with E-state index in [1.54, 1.807) is 28.5 Å². The second-order valence-electron chi connectivity index (χ2n) is 7.31. The van der Waals surface area contributed by atoms with Gasteiger partial charge in [-0.25, -0.2) is 0 Å². The zero-order valence-electron chi connectivity index (χ0n) is 18.1. The van der Waals surface area contributed by atoms with Crippen molar-refractivity contribution in [1.82, 2.24) is 0 Å². The van der Waals surface area contributed by atoms with Crippen LogP contribution in [0.1, 0.15) is 11.1 Å². The largest absolute Gasteiger partial charge is 1.00 e. The van der Waals surface area contributed by atoms with Crippen LogP contribution in [0.2, 0.25) is 6.55 Å². The molecule has 158 valence electrons. The minimum absolute atomic E-state index is 0. The van der Waals surface area contributed by atoms with Crippen molar-refractivity contribution in [1.29, 1.82) is 0 Å². The van der Waals surface area contributed by atoms with Crippen LogP contribution in [-0.2, 0) is 23.3 Å². The Hall–Kier alpha value is -1.44. The first-order chi connectivity index (χ1) is 14.0. The molecular weight excluding hydrogens is 515 g/mol. The van der Waals surface area contributed by atoms with Gasteiger partial charge in [-0.15, -0.1) is 81.2 Å². The van der Waals surface area contributed by atoms with Gasteiger partial charge in [-0.05, 0) is 0 Å². The standard InChI is InChI=1S/2C10H9.C7H8Si.2ClH.Zr/c2*1-8-6-9-4-2-3-5-10(9)7-8;1-8-7-5-3-2-4-6-7;;;/h2*2-7H,1H3;2-6H,1H3;2*1H;/q2*-1;;;;+2/p-2. The molecule has 0 unspecified atom stereocenters. The summed E-state index contributed by atoms with van der Waals surface area (Å²) in [5.41, 5.74) is 2.57. The van der Waals surface area contributed by atoms with E-state index in [4.69, 9.17) is 0 Å². The maximum absolute atomic E-state index is 2.35. The normalized spacial score (nSPS) is 9.45. The second kappa shape index (κ2) is 13.9. The fourth-order valence-electron chi connectivity index (χ4n) is 3.30. The van der Waals surface area contributed by atoms with Gasteiger partial charge in [0.2, 0.25) is 0 Å². The summed E-state index contributed by atoms with van der Waals surface area (Å²) in [4.78, 5) is 0.